The first-order chi connectivity index (χ1) is 15.1. The first kappa shape index (κ1) is 24.4. The van der Waals surface area contributed by atoms with E-state index >= 15 is 0 Å². The molecule has 1 atom stereocenters. The van der Waals surface area contributed by atoms with Crippen molar-refractivity contribution in [3.8, 4) is 0 Å². The lowest BCUT2D eigenvalue weighted by Crippen LogP contribution is -2.39. The fourth-order valence-corrected chi connectivity index (χ4v) is 6.50. The van der Waals surface area contributed by atoms with E-state index in [-0.39, 0.29) is 23.8 Å². The van der Waals surface area contributed by atoms with Gasteiger partial charge in [0, 0.05) is 23.5 Å². The van der Waals surface area contributed by atoms with Gasteiger partial charge in [-0.05, 0) is 57.2 Å². The maximum Gasteiger partial charge on any atom is 0.341 e. The number of sulfonamides is 1. The highest BCUT2D eigenvalue weighted by atomic mass is 32.2. The minimum Gasteiger partial charge on any atom is -0.462 e. The zero-order valence-corrected chi connectivity index (χ0v) is 20.6. The summed E-state index contributed by atoms with van der Waals surface area (Å²) in [6.07, 6.45) is 1.86. The fraction of sp³-hybridized carbons (Fsp3) is 0.478. The van der Waals surface area contributed by atoms with Gasteiger partial charge >= 0.3 is 5.97 Å². The SMILES string of the molecule is CCOC(=O)c1c(NCC(=O)c2cccc(S(=O)(=O)N3CCCC(C)C3)c2)sc(C)c1C. The molecule has 1 aromatic heterocycles. The Morgan fingerprint density at radius 1 is 1.28 bits per heavy atom. The van der Waals surface area contributed by atoms with Crippen LogP contribution in [-0.4, -0.2) is 50.7 Å². The number of ether oxygens (including phenoxy) is 1. The summed E-state index contributed by atoms with van der Waals surface area (Å²) in [6.45, 7) is 8.75. The number of carbonyl (C=O) groups excluding carboxylic acids is 2. The van der Waals surface area contributed by atoms with Crippen molar-refractivity contribution in [2.45, 2.75) is 45.4 Å². The lowest BCUT2D eigenvalue weighted by atomic mass is 10.0. The molecule has 0 aliphatic carbocycles. The van der Waals surface area contributed by atoms with Crippen molar-refractivity contribution in [3.63, 3.8) is 0 Å². The second-order valence-corrected chi connectivity index (χ2v) is 11.3. The molecule has 3 rings (SSSR count). The normalized spacial score (nSPS) is 17.2. The zero-order valence-electron chi connectivity index (χ0n) is 18.9. The van der Waals surface area contributed by atoms with Gasteiger partial charge in [0.2, 0.25) is 10.0 Å². The Balaban J connectivity index is 1.76. The van der Waals surface area contributed by atoms with E-state index in [4.69, 9.17) is 4.74 Å². The van der Waals surface area contributed by atoms with Crippen molar-refractivity contribution in [3.05, 3.63) is 45.8 Å². The molecule has 1 aliphatic rings. The van der Waals surface area contributed by atoms with E-state index in [2.05, 4.69) is 5.32 Å². The number of nitrogens with one attached hydrogen (secondary N) is 1. The van der Waals surface area contributed by atoms with Gasteiger partial charge in [0.1, 0.15) is 5.00 Å². The lowest BCUT2D eigenvalue weighted by molar-refractivity contribution is 0.0527. The Labute approximate surface area is 193 Å². The molecule has 0 amide bonds. The first-order valence-electron chi connectivity index (χ1n) is 10.8. The van der Waals surface area contributed by atoms with E-state index in [1.165, 1.54) is 27.8 Å². The van der Waals surface area contributed by atoms with Gasteiger partial charge in [-0.15, -0.1) is 11.3 Å². The van der Waals surface area contributed by atoms with Gasteiger partial charge in [0.25, 0.3) is 0 Å². The molecular weight excluding hydrogens is 448 g/mol. The molecule has 0 spiro atoms. The smallest absolute Gasteiger partial charge is 0.341 e. The van der Waals surface area contributed by atoms with E-state index < -0.39 is 16.0 Å². The predicted molar refractivity (Wildman–Crippen MR) is 126 cm³/mol. The summed E-state index contributed by atoms with van der Waals surface area (Å²) < 4.78 is 32.8. The number of ketones is 1. The first-order valence-corrected chi connectivity index (χ1v) is 13.0. The molecule has 174 valence electrons. The van der Waals surface area contributed by atoms with Crippen LogP contribution >= 0.6 is 11.3 Å². The Hall–Kier alpha value is -2.23. The monoisotopic (exact) mass is 478 g/mol. The van der Waals surface area contributed by atoms with Crippen LogP contribution in [0.5, 0.6) is 0 Å². The summed E-state index contributed by atoms with van der Waals surface area (Å²) in [5.74, 6) is -0.362. The third kappa shape index (κ3) is 5.22. The average Bonchev–Trinajstić information content (AvgIpc) is 3.05. The molecule has 32 heavy (non-hydrogen) atoms. The molecule has 7 nitrogen and oxygen atoms in total. The standard InChI is InChI=1S/C23H30N2O5S2/c1-5-30-23(27)21-16(3)17(4)31-22(21)24-13-20(26)18-9-6-10-19(12-18)32(28,29)25-11-7-8-15(2)14-25/h6,9-10,12,15,24H,5,7-8,11,13-14H2,1-4H3. The van der Waals surface area contributed by atoms with E-state index in [0.717, 1.165) is 23.3 Å². The van der Waals surface area contributed by atoms with E-state index in [0.29, 0.717) is 35.1 Å². The Kier molecular flexibility index (Phi) is 7.74. The predicted octanol–water partition coefficient (Wildman–Crippen LogP) is 4.26. The van der Waals surface area contributed by atoms with Crippen LogP contribution in [-0.2, 0) is 14.8 Å². The highest BCUT2D eigenvalue weighted by Gasteiger charge is 2.29. The zero-order chi connectivity index (χ0) is 23.5. The number of aryl methyl sites for hydroxylation is 1. The number of esters is 1. The molecule has 1 fully saturated rings. The second-order valence-electron chi connectivity index (χ2n) is 8.12. The molecule has 2 aromatic rings. The van der Waals surface area contributed by atoms with Crippen LogP contribution in [0.25, 0.3) is 0 Å². The number of rotatable bonds is 8. The van der Waals surface area contributed by atoms with Gasteiger partial charge in [0.05, 0.1) is 23.6 Å². The number of benzene rings is 1. The molecule has 1 N–H and O–H groups in total. The Morgan fingerprint density at radius 2 is 2.03 bits per heavy atom. The third-order valence-electron chi connectivity index (χ3n) is 5.69. The van der Waals surface area contributed by atoms with Gasteiger partial charge in [-0.3, -0.25) is 4.79 Å². The fourth-order valence-electron chi connectivity index (χ4n) is 3.81. The summed E-state index contributed by atoms with van der Waals surface area (Å²) >= 11 is 1.39. The van der Waals surface area contributed by atoms with Crippen molar-refractivity contribution < 1.29 is 22.7 Å². The Bertz CT molecular complexity index is 1110. The van der Waals surface area contributed by atoms with Gasteiger partial charge in [-0.25, -0.2) is 13.2 Å². The van der Waals surface area contributed by atoms with Gasteiger partial charge in [-0.1, -0.05) is 19.1 Å². The number of thiophene rings is 1. The van der Waals surface area contributed by atoms with Crippen molar-refractivity contribution in [2.75, 3.05) is 31.6 Å². The second kappa shape index (κ2) is 10.1. The van der Waals surface area contributed by atoms with Crippen LogP contribution in [0.4, 0.5) is 5.00 Å². The number of hydrogen-bond acceptors (Lipinski definition) is 7. The molecule has 1 unspecified atom stereocenters. The van der Waals surface area contributed by atoms with Crippen molar-refractivity contribution in [1.29, 1.82) is 0 Å². The number of anilines is 1. The van der Waals surface area contributed by atoms with Crippen molar-refractivity contribution in [2.24, 2.45) is 5.92 Å². The van der Waals surface area contributed by atoms with Gasteiger partial charge in [-0.2, -0.15) is 4.31 Å². The highest BCUT2D eigenvalue weighted by Crippen LogP contribution is 2.33. The number of carbonyl (C=O) groups is 2. The number of hydrogen-bond donors (Lipinski definition) is 1. The summed E-state index contributed by atoms with van der Waals surface area (Å²) in [4.78, 5) is 26.3. The quantitative estimate of drug-likeness (QED) is 0.450. The summed E-state index contributed by atoms with van der Waals surface area (Å²) in [5.41, 5.74) is 1.58. The summed E-state index contributed by atoms with van der Waals surface area (Å²) in [7, 11) is -3.64. The average molecular weight is 479 g/mol. The molecule has 1 aromatic carbocycles. The molecule has 2 heterocycles. The van der Waals surface area contributed by atoms with Crippen LogP contribution in [0, 0.1) is 19.8 Å². The molecular formula is C23H30N2O5S2. The van der Waals surface area contributed by atoms with Crippen LogP contribution in [0.1, 0.15) is 57.8 Å². The van der Waals surface area contributed by atoms with Crippen molar-refractivity contribution in [1.82, 2.24) is 4.31 Å². The van der Waals surface area contributed by atoms with Gasteiger partial charge < -0.3 is 10.1 Å². The van der Waals surface area contributed by atoms with E-state index in [9.17, 15) is 18.0 Å². The minimum atomic E-state index is -3.64. The van der Waals surface area contributed by atoms with Crippen LogP contribution in [0.3, 0.4) is 0 Å². The maximum absolute atomic E-state index is 13.1. The van der Waals surface area contributed by atoms with Crippen molar-refractivity contribution >= 4 is 38.1 Å². The minimum absolute atomic E-state index is 0.0595. The van der Waals surface area contributed by atoms with E-state index in [1.807, 2.05) is 20.8 Å². The third-order valence-corrected chi connectivity index (χ3v) is 8.71. The number of Topliss-reactive ketones (excluding diaryl/α,β-unsaturated/α-hetero) is 1. The van der Waals surface area contributed by atoms with Crippen LogP contribution in [0.2, 0.25) is 0 Å². The van der Waals surface area contributed by atoms with Crippen LogP contribution < -0.4 is 5.32 Å². The highest BCUT2D eigenvalue weighted by molar-refractivity contribution is 7.89. The molecule has 1 saturated heterocycles. The van der Waals surface area contributed by atoms with E-state index in [1.54, 1.807) is 19.1 Å². The van der Waals surface area contributed by atoms with Crippen LogP contribution in [0.15, 0.2) is 29.2 Å². The number of nitrogens with zero attached hydrogens (tertiary/aromatic N) is 1. The lowest BCUT2D eigenvalue weighted by Gasteiger charge is -2.30. The largest absolute Gasteiger partial charge is 0.462 e. The summed E-state index contributed by atoms with van der Waals surface area (Å²) in [5, 5.41) is 3.63. The van der Waals surface area contributed by atoms with Gasteiger partial charge in [0.15, 0.2) is 5.78 Å². The number of piperidine rings is 1. The maximum atomic E-state index is 13.1. The molecule has 0 radical (unpaired) electrons. The molecule has 9 heteroatoms. The molecule has 0 bridgehead atoms. The molecule has 1 aliphatic heterocycles. The summed E-state index contributed by atoms with van der Waals surface area (Å²) in [6, 6.07) is 6.18. The molecule has 0 saturated carbocycles. The topological polar surface area (TPSA) is 92.8 Å². The Morgan fingerprint density at radius 3 is 2.72 bits per heavy atom.